The number of hydrogen-bond acceptors (Lipinski definition) is 8. The predicted molar refractivity (Wildman–Crippen MR) is 130 cm³/mol. The number of carboxylic acid groups (broad SMARTS) is 1. The van der Waals surface area contributed by atoms with Crippen molar-refractivity contribution in [1.82, 2.24) is 5.32 Å². The fourth-order valence-electron chi connectivity index (χ4n) is 4.15. The second-order valence-corrected chi connectivity index (χ2v) is 8.92. The van der Waals surface area contributed by atoms with Gasteiger partial charge in [-0.3, -0.25) is 9.59 Å². The molecule has 1 aliphatic heterocycles. The van der Waals surface area contributed by atoms with E-state index in [0.717, 1.165) is 25.5 Å². The van der Waals surface area contributed by atoms with Crippen LogP contribution >= 0.6 is 0 Å². The molecule has 200 valence electrons. The zero-order valence-electron chi connectivity index (χ0n) is 21.2. The Hall–Kier alpha value is -2.46. The summed E-state index contributed by atoms with van der Waals surface area (Å²) in [6, 6.07) is -0.856. The van der Waals surface area contributed by atoms with Gasteiger partial charge in [0.1, 0.15) is 24.9 Å². The van der Waals surface area contributed by atoms with E-state index in [-0.39, 0.29) is 13.0 Å². The maximum Gasteiger partial charge on any atom is 0.370 e. The molecular formula is C25H42N2O8. The molecule has 35 heavy (non-hydrogen) atoms. The first kappa shape index (κ1) is 30.6. The Morgan fingerprint density at radius 3 is 2.26 bits per heavy atom. The molecule has 0 spiro atoms. The average Bonchev–Trinajstić information content (AvgIpc) is 2.82. The molecule has 0 radical (unpaired) electrons. The Labute approximate surface area is 207 Å². The van der Waals surface area contributed by atoms with Gasteiger partial charge in [-0.2, -0.15) is 0 Å². The molecule has 1 heterocycles. The Bertz CT molecular complexity index is 712. The number of methoxy groups -OCH3 is 1. The number of ether oxygens (including phenoxy) is 3. The van der Waals surface area contributed by atoms with Crippen molar-refractivity contribution in [2.75, 3.05) is 13.7 Å². The van der Waals surface area contributed by atoms with Gasteiger partial charge in [0.05, 0.1) is 6.04 Å². The Kier molecular flexibility index (Phi) is 14.9. The first-order valence-corrected chi connectivity index (χ1v) is 12.5. The van der Waals surface area contributed by atoms with Crippen molar-refractivity contribution in [3.63, 3.8) is 0 Å². The van der Waals surface area contributed by atoms with E-state index >= 15 is 0 Å². The van der Waals surface area contributed by atoms with Crippen molar-refractivity contribution in [1.29, 1.82) is 5.41 Å². The lowest BCUT2D eigenvalue weighted by molar-refractivity contribution is -0.159. The largest absolute Gasteiger partial charge is 0.478 e. The van der Waals surface area contributed by atoms with Crippen LogP contribution in [0.3, 0.4) is 0 Å². The first-order chi connectivity index (χ1) is 16.7. The predicted octanol–water partition coefficient (Wildman–Crippen LogP) is 2.96. The number of amides is 1. The summed E-state index contributed by atoms with van der Waals surface area (Å²) < 4.78 is 16.1. The van der Waals surface area contributed by atoms with Crippen molar-refractivity contribution in [3.8, 4) is 0 Å². The number of aliphatic hydroxyl groups is 1. The summed E-state index contributed by atoms with van der Waals surface area (Å²) in [4.78, 5) is 35.3. The number of hydrogen-bond donors (Lipinski definition) is 4. The van der Waals surface area contributed by atoms with E-state index in [1.807, 2.05) is 0 Å². The summed E-state index contributed by atoms with van der Waals surface area (Å²) in [6.07, 6.45) is 9.01. The quantitative estimate of drug-likeness (QED) is 0.128. The van der Waals surface area contributed by atoms with Crippen LogP contribution in [0.5, 0.6) is 0 Å². The van der Waals surface area contributed by atoms with Crippen LogP contribution in [0.2, 0.25) is 0 Å². The molecule has 3 unspecified atom stereocenters. The molecule has 0 aliphatic carbocycles. The minimum atomic E-state index is -1.35. The topological polar surface area (TPSA) is 155 Å². The average molecular weight is 499 g/mol. The summed E-state index contributed by atoms with van der Waals surface area (Å²) in [5.74, 6) is -3.41. The van der Waals surface area contributed by atoms with Crippen LogP contribution in [-0.4, -0.2) is 72.3 Å². The van der Waals surface area contributed by atoms with E-state index in [2.05, 4.69) is 12.2 Å². The van der Waals surface area contributed by atoms with Crippen LogP contribution in [0.25, 0.3) is 0 Å². The Balaban J connectivity index is 2.57. The standard InChI is InChI=1S/C25H42N2O8/c1-4-5-6-7-8-9-10-11-12-13-21(30)34-16-19(29)23(33-3)24-22(27-17(2)28)18(15-26)14-20(35-24)25(31)32/h14-15,18-19,22-24,26,29H,4-13,16H2,1-3H3,(H,27,28)(H,31,32)/t18-,19?,22?,23?,24-/m1/s1. The third-order valence-electron chi connectivity index (χ3n) is 6.02. The van der Waals surface area contributed by atoms with Crippen molar-refractivity contribution in [3.05, 3.63) is 11.8 Å². The molecule has 0 saturated carbocycles. The van der Waals surface area contributed by atoms with E-state index in [1.165, 1.54) is 52.2 Å². The van der Waals surface area contributed by atoms with Crippen LogP contribution in [0.15, 0.2) is 11.8 Å². The molecule has 1 rings (SSSR count). The van der Waals surface area contributed by atoms with Gasteiger partial charge in [-0.25, -0.2) is 4.79 Å². The van der Waals surface area contributed by atoms with Crippen LogP contribution in [-0.2, 0) is 28.6 Å². The fourth-order valence-corrected chi connectivity index (χ4v) is 4.15. The lowest BCUT2D eigenvalue weighted by Gasteiger charge is -2.40. The summed E-state index contributed by atoms with van der Waals surface area (Å²) in [7, 11) is 1.30. The number of carbonyl (C=O) groups is 3. The van der Waals surface area contributed by atoms with E-state index in [9.17, 15) is 24.6 Å². The molecule has 0 bridgehead atoms. The molecule has 1 amide bonds. The molecule has 5 atom stereocenters. The minimum absolute atomic E-state index is 0.246. The summed E-state index contributed by atoms with van der Waals surface area (Å²) in [6.45, 7) is 3.10. The second kappa shape index (κ2) is 17.0. The Morgan fingerprint density at radius 1 is 1.14 bits per heavy atom. The highest BCUT2D eigenvalue weighted by molar-refractivity contribution is 5.86. The normalized spacial score (nSPS) is 21.3. The van der Waals surface area contributed by atoms with Crippen LogP contribution in [0, 0.1) is 11.3 Å². The lowest BCUT2D eigenvalue weighted by Crippen LogP contribution is -2.59. The highest BCUT2D eigenvalue weighted by Gasteiger charge is 2.44. The monoisotopic (exact) mass is 498 g/mol. The molecule has 10 heteroatoms. The number of carbonyl (C=O) groups excluding carboxylic acids is 2. The number of unbranched alkanes of at least 4 members (excludes halogenated alkanes) is 8. The van der Waals surface area contributed by atoms with E-state index in [4.69, 9.17) is 19.6 Å². The van der Waals surface area contributed by atoms with E-state index < -0.39 is 53.9 Å². The second-order valence-electron chi connectivity index (χ2n) is 8.92. The van der Waals surface area contributed by atoms with E-state index in [0.29, 0.717) is 6.42 Å². The molecule has 1 aliphatic rings. The molecule has 0 aromatic carbocycles. The third kappa shape index (κ3) is 11.2. The van der Waals surface area contributed by atoms with Crippen molar-refractivity contribution in [2.45, 2.75) is 102 Å². The van der Waals surface area contributed by atoms with Gasteiger partial charge in [-0.15, -0.1) is 0 Å². The summed E-state index contributed by atoms with van der Waals surface area (Å²) >= 11 is 0. The van der Waals surface area contributed by atoms with E-state index in [1.54, 1.807) is 0 Å². The van der Waals surface area contributed by atoms with Crippen LogP contribution in [0.4, 0.5) is 0 Å². The van der Waals surface area contributed by atoms with Crippen molar-refractivity contribution >= 4 is 24.1 Å². The van der Waals surface area contributed by atoms with Crippen molar-refractivity contribution in [2.24, 2.45) is 5.92 Å². The van der Waals surface area contributed by atoms with Gasteiger partial charge in [0, 0.05) is 32.6 Å². The highest BCUT2D eigenvalue weighted by atomic mass is 16.6. The molecular weight excluding hydrogens is 456 g/mol. The van der Waals surface area contributed by atoms with Gasteiger partial charge in [-0.1, -0.05) is 58.3 Å². The maximum absolute atomic E-state index is 12.1. The number of carboxylic acids is 1. The number of aliphatic hydroxyl groups excluding tert-OH is 1. The zero-order chi connectivity index (χ0) is 26.2. The fraction of sp³-hybridized carbons (Fsp3) is 0.760. The molecule has 0 aromatic rings. The first-order valence-electron chi connectivity index (χ1n) is 12.5. The van der Waals surface area contributed by atoms with Crippen LogP contribution < -0.4 is 5.32 Å². The van der Waals surface area contributed by atoms with Crippen LogP contribution in [0.1, 0.15) is 78.1 Å². The molecule has 0 fully saturated rings. The smallest absolute Gasteiger partial charge is 0.370 e. The molecule has 0 aromatic heterocycles. The minimum Gasteiger partial charge on any atom is -0.478 e. The molecule has 4 N–H and O–H groups in total. The van der Waals surface area contributed by atoms with Gasteiger partial charge < -0.3 is 35.1 Å². The van der Waals surface area contributed by atoms with Gasteiger partial charge in [0.15, 0.2) is 0 Å². The van der Waals surface area contributed by atoms with Gasteiger partial charge >= 0.3 is 11.9 Å². The van der Waals surface area contributed by atoms with Gasteiger partial charge in [0.25, 0.3) is 0 Å². The number of esters is 1. The zero-order valence-corrected chi connectivity index (χ0v) is 21.2. The number of nitrogens with one attached hydrogen (secondary N) is 2. The van der Waals surface area contributed by atoms with Gasteiger partial charge in [-0.05, 0) is 12.5 Å². The lowest BCUT2D eigenvalue weighted by atomic mass is 9.87. The molecule has 10 nitrogen and oxygen atoms in total. The van der Waals surface area contributed by atoms with Crippen molar-refractivity contribution < 1.29 is 38.8 Å². The third-order valence-corrected chi connectivity index (χ3v) is 6.02. The highest BCUT2D eigenvalue weighted by Crippen LogP contribution is 2.27. The Morgan fingerprint density at radius 2 is 1.74 bits per heavy atom. The summed E-state index contributed by atoms with van der Waals surface area (Å²) in [5, 5.41) is 30.3. The molecule has 0 saturated heterocycles. The SMILES string of the molecule is CCCCCCCCCCCC(=O)OCC(O)C(OC)[C@@H]1OC(C(=O)O)=C[C@H](C=N)C1NC(C)=O. The van der Waals surface area contributed by atoms with Gasteiger partial charge in [0.2, 0.25) is 11.7 Å². The summed E-state index contributed by atoms with van der Waals surface area (Å²) in [5.41, 5.74) is 0. The number of aliphatic carboxylic acids is 1. The maximum atomic E-state index is 12.1. The number of rotatable bonds is 18.